The minimum atomic E-state index is -0.448. The lowest BCUT2D eigenvalue weighted by Gasteiger charge is -2.05. The van der Waals surface area contributed by atoms with Crippen LogP contribution < -0.4 is 5.56 Å². The van der Waals surface area contributed by atoms with E-state index in [-0.39, 0.29) is 12.2 Å². The van der Waals surface area contributed by atoms with E-state index in [0.717, 1.165) is 22.2 Å². The SMILES string of the molecule is CCc1nn2c(=O)cc(COC(=O)c3ccc4ccccc4c3)nc2s1. The molecule has 0 spiro atoms. The second kappa shape index (κ2) is 6.68. The first-order chi connectivity index (χ1) is 12.6. The molecule has 0 bridgehead atoms. The topological polar surface area (TPSA) is 73.6 Å². The molecule has 4 aromatic rings. The summed E-state index contributed by atoms with van der Waals surface area (Å²) in [5.41, 5.74) is 0.603. The van der Waals surface area contributed by atoms with Crippen LogP contribution in [0.15, 0.2) is 53.3 Å². The van der Waals surface area contributed by atoms with Crippen LogP contribution in [-0.2, 0) is 17.8 Å². The molecular weight excluding hydrogens is 350 g/mol. The molecule has 0 aliphatic heterocycles. The molecule has 0 radical (unpaired) electrons. The van der Waals surface area contributed by atoms with Gasteiger partial charge in [-0.1, -0.05) is 48.6 Å². The van der Waals surface area contributed by atoms with Gasteiger partial charge in [-0.25, -0.2) is 9.78 Å². The van der Waals surface area contributed by atoms with Crippen LogP contribution in [0, 0.1) is 0 Å². The summed E-state index contributed by atoms with van der Waals surface area (Å²) in [7, 11) is 0. The van der Waals surface area contributed by atoms with E-state index < -0.39 is 5.97 Å². The van der Waals surface area contributed by atoms with Crippen LogP contribution in [0.2, 0.25) is 0 Å². The summed E-state index contributed by atoms with van der Waals surface area (Å²) < 4.78 is 6.61. The highest BCUT2D eigenvalue weighted by Crippen LogP contribution is 2.17. The molecule has 0 saturated heterocycles. The summed E-state index contributed by atoms with van der Waals surface area (Å²) in [6, 6.07) is 14.5. The third-order valence-electron chi connectivity index (χ3n) is 3.98. The van der Waals surface area contributed by atoms with Crippen molar-refractivity contribution >= 4 is 33.0 Å². The van der Waals surface area contributed by atoms with Crippen molar-refractivity contribution in [1.82, 2.24) is 14.6 Å². The number of ether oxygens (including phenoxy) is 1. The number of carbonyl (C=O) groups excluding carboxylic acids is 1. The fraction of sp³-hybridized carbons (Fsp3) is 0.158. The molecule has 2 aromatic carbocycles. The van der Waals surface area contributed by atoms with Gasteiger partial charge in [0.25, 0.3) is 5.56 Å². The standard InChI is InChI=1S/C19H15N3O3S/c1-2-16-21-22-17(23)10-15(20-19(22)26-16)11-25-18(24)14-8-7-12-5-3-4-6-13(12)9-14/h3-10H,2,11H2,1H3. The number of benzene rings is 2. The number of hydrogen-bond acceptors (Lipinski definition) is 6. The highest BCUT2D eigenvalue weighted by molar-refractivity contribution is 7.16. The maximum atomic E-state index is 12.3. The summed E-state index contributed by atoms with van der Waals surface area (Å²) in [6.07, 6.45) is 0.736. The molecule has 0 unspecified atom stereocenters. The third kappa shape index (κ3) is 3.09. The van der Waals surface area contributed by atoms with Gasteiger partial charge in [-0.15, -0.1) is 0 Å². The molecule has 0 fully saturated rings. The minimum Gasteiger partial charge on any atom is -0.456 e. The number of esters is 1. The number of hydrogen-bond donors (Lipinski definition) is 0. The molecule has 0 atom stereocenters. The first-order valence-corrected chi connectivity index (χ1v) is 9.00. The Bertz CT molecular complexity index is 1180. The van der Waals surface area contributed by atoms with Crippen molar-refractivity contribution in [1.29, 1.82) is 0 Å². The van der Waals surface area contributed by atoms with Crippen molar-refractivity contribution in [2.24, 2.45) is 0 Å². The zero-order chi connectivity index (χ0) is 18.1. The van der Waals surface area contributed by atoms with Gasteiger partial charge in [-0.3, -0.25) is 4.79 Å². The molecule has 26 heavy (non-hydrogen) atoms. The van der Waals surface area contributed by atoms with Crippen LogP contribution in [0.25, 0.3) is 15.7 Å². The zero-order valence-corrected chi connectivity index (χ0v) is 14.8. The summed E-state index contributed by atoms with van der Waals surface area (Å²) in [5, 5.41) is 7.05. The van der Waals surface area contributed by atoms with Gasteiger partial charge in [-0.05, 0) is 29.3 Å². The van der Waals surface area contributed by atoms with Crippen LogP contribution in [0.1, 0.15) is 28.0 Å². The first kappa shape index (κ1) is 16.4. The van der Waals surface area contributed by atoms with Crippen LogP contribution >= 0.6 is 11.3 Å². The average molecular weight is 365 g/mol. The monoisotopic (exact) mass is 365 g/mol. The fourth-order valence-electron chi connectivity index (χ4n) is 2.65. The molecule has 6 nitrogen and oxygen atoms in total. The summed E-state index contributed by atoms with van der Waals surface area (Å²) in [6.45, 7) is 1.91. The van der Waals surface area contributed by atoms with Gasteiger partial charge < -0.3 is 4.74 Å². The largest absolute Gasteiger partial charge is 0.456 e. The second-order valence-corrected chi connectivity index (χ2v) is 6.81. The number of carbonyl (C=O) groups is 1. The number of fused-ring (bicyclic) bond motifs is 2. The van der Waals surface area contributed by atoms with Crippen molar-refractivity contribution in [3.8, 4) is 0 Å². The van der Waals surface area contributed by atoms with Gasteiger partial charge in [0.1, 0.15) is 11.6 Å². The molecular formula is C19H15N3O3S. The Hall–Kier alpha value is -3.06. The Morgan fingerprint density at radius 1 is 1.15 bits per heavy atom. The van der Waals surface area contributed by atoms with E-state index in [1.807, 2.05) is 37.3 Å². The maximum absolute atomic E-state index is 12.3. The average Bonchev–Trinajstić information content (AvgIpc) is 3.09. The highest BCUT2D eigenvalue weighted by Gasteiger charge is 2.12. The lowest BCUT2D eigenvalue weighted by atomic mass is 10.1. The molecule has 130 valence electrons. The molecule has 7 heteroatoms. The molecule has 2 heterocycles. The van der Waals surface area contributed by atoms with E-state index >= 15 is 0 Å². The number of nitrogens with zero attached hydrogens (tertiary/aromatic N) is 3. The van der Waals surface area contributed by atoms with E-state index in [4.69, 9.17) is 4.74 Å². The molecule has 2 aromatic heterocycles. The third-order valence-corrected chi connectivity index (χ3v) is 5.03. The Labute approximate surface area is 152 Å². The highest BCUT2D eigenvalue weighted by atomic mass is 32.1. The number of rotatable bonds is 4. The Balaban J connectivity index is 1.54. The zero-order valence-electron chi connectivity index (χ0n) is 14.0. The second-order valence-electron chi connectivity index (χ2n) is 5.77. The van der Waals surface area contributed by atoms with Gasteiger partial charge in [0, 0.05) is 6.07 Å². The van der Waals surface area contributed by atoms with Crippen LogP contribution in [-0.4, -0.2) is 20.6 Å². The normalized spacial score (nSPS) is 11.1. The van der Waals surface area contributed by atoms with Gasteiger partial charge >= 0.3 is 5.97 Å². The van der Waals surface area contributed by atoms with Crippen molar-refractivity contribution < 1.29 is 9.53 Å². The quantitative estimate of drug-likeness (QED) is 0.519. The van der Waals surface area contributed by atoms with Crippen LogP contribution in [0.5, 0.6) is 0 Å². The molecule has 0 aliphatic rings. The van der Waals surface area contributed by atoms with E-state index in [9.17, 15) is 9.59 Å². The maximum Gasteiger partial charge on any atom is 0.338 e. The van der Waals surface area contributed by atoms with E-state index in [1.165, 1.54) is 21.9 Å². The van der Waals surface area contributed by atoms with Gasteiger partial charge in [0.15, 0.2) is 0 Å². The molecule has 0 amide bonds. The van der Waals surface area contributed by atoms with E-state index in [1.54, 1.807) is 12.1 Å². The summed E-state index contributed by atoms with van der Waals surface area (Å²) in [4.78, 5) is 29.3. The van der Waals surface area contributed by atoms with E-state index in [2.05, 4.69) is 10.1 Å². The molecule has 0 aliphatic carbocycles. The fourth-order valence-corrected chi connectivity index (χ4v) is 3.51. The van der Waals surface area contributed by atoms with Gasteiger partial charge in [-0.2, -0.15) is 9.61 Å². The lowest BCUT2D eigenvalue weighted by molar-refractivity contribution is 0.0468. The van der Waals surface area contributed by atoms with Crippen LogP contribution in [0.3, 0.4) is 0 Å². The number of aryl methyl sites for hydroxylation is 1. The molecule has 0 saturated carbocycles. The van der Waals surface area contributed by atoms with Crippen molar-refractivity contribution in [3.05, 3.63) is 75.1 Å². The molecule has 4 rings (SSSR count). The van der Waals surface area contributed by atoms with E-state index in [0.29, 0.717) is 16.2 Å². The summed E-state index contributed by atoms with van der Waals surface area (Å²) >= 11 is 1.36. The van der Waals surface area contributed by atoms with Crippen LogP contribution in [0.4, 0.5) is 0 Å². The van der Waals surface area contributed by atoms with Crippen molar-refractivity contribution in [2.75, 3.05) is 0 Å². The predicted octanol–water partition coefficient (Wildman–Crippen LogP) is 3.22. The minimum absolute atomic E-state index is 0.0588. The first-order valence-electron chi connectivity index (χ1n) is 8.18. The van der Waals surface area contributed by atoms with Gasteiger partial charge in [0.2, 0.25) is 4.96 Å². The Kier molecular flexibility index (Phi) is 4.22. The van der Waals surface area contributed by atoms with Gasteiger partial charge in [0.05, 0.1) is 11.3 Å². The number of aromatic nitrogens is 3. The Morgan fingerprint density at radius 2 is 1.96 bits per heavy atom. The molecule has 0 N–H and O–H groups in total. The van der Waals surface area contributed by atoms with Crippen molar-refractivity contribution in [2.45, 2.75) is 20.0 Å². The summed E-state index contributed by atoms with van der Waals surface area (Å²) in [5.74, 6) is -0.448. The smallest absolute Gasteiger partial charge is 0.338 e. The lowest BCUT2D eigenvalue weighted by Crippen LogP contribution is -2.16. The Morgan fingerprint density at radius 3 is 2.77 bits per heavy atom. The predicted molar refractivity (Wildman–Crippen MR) is 99.6 cm³/mol. The van der Waals surface area contributed by atoms with Crippen molar-refractivity contribution in [3.63, 3.8) is 0 Å².